The lowest BCUT2D eigenvalue weighted by Gasteiger charge is -2.11. The standard InChI is InChI=1S/C54H32N2S2/c1-2-12-35(13-3-1)56-48-30-34(38-18-11-20-44-42-16-6-9-23-52(42)58-54(38)44)26-29-40(48)46-31-45-39-14-4-7-21-47(39)55(49(45)32-50(46)56)36-27-24-33(25-28-36)37-17-10-19-43-41-15-5-8-22-51(41)57-53(37)43/h1-32H. The van der Waals surface area contributed by atoms with Crippen LogP contribution in [0.25, 0.3) is 118 Å². The lowest BCUT2D eigenvalue weighted by Crippen LogP contribution is -1.96. The Kier molecular flexibility index (Phi) is 6.79. The van der Waals surface area contributed by atoms with Crippen LogP contribution in [0.15, 0.2) is 194 Å². The van der Waals surface area contributed by atoms with E-state index in [4.69, 9.17) is 0 Å². The minimum absolute atomic E-state index is 1.15. The van der Waals surface area contributed by atoms with Crippen LogP contribution in [0.5, 0.6) is 0 Å². The van der Waals surface area contributed by atoms with Gasteiger partial charge in [0.05, 0.1) is 22.1 Å². The van der Waals surface area contributed by atoms with Crippen molar-refractivity contribution in [1.29, 1.82) is 0 Å². The number of rotatable bonds is 4. The van der Waals surface area contributed by atoms with Crippen LogP contribution in [-0.2, 0) is 0 Å². The second kappa shape index (κ2) is 12.3. The van der Waals surface area contributed by atoms with Crippen molar-refractivity contribution in [2.45, 2.75) is 0 Å². The molecule has 58 heavy (non-hydrogen) atoms. The molecule has 0 aliphatic rings. The minimum atomic E-state index is 1.15. The molecule has 4 aromatic heterocycles. The Morgan fingerprint density at radius 1 is 0.276 bits per heavy atom. The quantitative estimate of drug-likeness (QED) is 0.169. The van der Waals surface area contributed by atoms with Gasteiger partial charge in [0.15, 0.2) is 0 Å². The average Bonchev–Trinajstić information content (AvgIpc) is 4.03. The molecule has 0 aliphatic heterocycles. The first-order valence-corrected chi connectivity index (χ1v) is 21.4. The van der Waals surface area contributed by atoms with Gasteiger partial charge in [-0.15, -0.1) is 22.7 Å². The lowest BCUT2D eigenvalue weighted by molar-refractivity contribution is 1.16. The molecule has 0 unspecified atom stereocenters. The molecule has 0 N–H and O–H groups in total. The van der Waals surface area contributed by atoms with Crippen LogP contribution in [0.3, 0.4) is 0 Å². The maximum atomic E-state index is 2.47. The second-order valence-corrected chi connectivity index (χ2v) is 17.4. The normalized spacial score (nSPS) is 12.1. The molecule has 0 saturated heterocycles. The van der Waals surface area contributed by atoms with E-state index in [1.54, 1.807) is 0 Å². The van der Waals surface area contributed by atoms with E-state index in [-0.39, 0.29) is 0 Å². The predicted octanol–water partition coefficient (Wildman–Crippen LogP) is 16.0. The zero-order chi connectivity index (χ0) is 37.9. The molecule has 13 aromatic rings. The Morgan fingerprint density at radius 3 is 1.43 bits per heavy atom. The number of para-hydroxylation sites is 2. The van der Waals surface area contributed by atoms with Crippen LogP contribution < -0.4 is 0 Å². The van der Waals surface area contributed by atoms with E-state index in [0.29, 0.717) is 0 Å². The van der Waals surface area contributed by atoms with E-state index in [1.807, 2.05) is 22.7 Å². The van der Waals surface area contributed by atoms with Gasteiger partial charge < -0.3 is 9.13 Å². The molecule has 0 spiro atoms. The fraction of sp³-hybridized carbons (Fsp3) is 0. The number of fused-ring (bicyclic) bond motifs is 12. The van der Waals surface area contributed by atoms with E-state index in [0.717, 1.165) is 11.4 Å². The van der Waals surface area contributed by atoms with Gasteiger partial charge in [-0.1, -0.05) is 133 Å². The maximum Gasteiger partial charge on any atom is 0.0562 e. The van der Waals surface area contributed by atoms with Crippen molar-refractivity contribution in [3.8, 4) is 33.6 Å². The van der Waals surface area contributed by atoms with E-state index < -0.39 is 0 Å². The molecule has 270 valence electrons. The first-order chi connectivity index (χ1) is 28.8. The monoisotopic (exact) mass is 772 g/mol. The van der Waals surface area contributed by atoms with Crippen LogP contribution in [0.4, 0.5) is 0 Å². The Bertz CT molecular complexity index is 3780. The molecule has 0 amide bonds. The summed E-state index contributed by atoms with van der Waals surface area (Å²) in [4.78, 5) is 0. The summed E-state index contributed by atoms with van der Waals surface area (Å²) in [6, 6.07) is 71.8. The summed E-state index contributed by atoms with van der Waals surface area (Å²) in [6.07, 6.45) is 0. The third-order valence-corrected chi connectivity index (χ3v) is 14.6. The highest BCUT2D eigenvalue weighted by atomic mass is 32.1. The Labute approximate surface area is 341 Å². The molecule has 0 saturated carbocycles. The van der Waals surface area contributed by atoms with Crippen molar-refractivity contribution in [3.05, 3.63) is 194 Å². The van der Waals surface area contributed by atoms with Gasteiger partial charge in [0.2, 0.25) is 0 Å². The van der Waals surface area contributed by atoms with Crippen molar-refractivity contribution in [1.82, 2.24) is 9.13 Å². The van der Waals surface area contributed by atoms with Crippen molar-refractivity contribution >= 4 is 107 Å². The van der Waals surface area contributed by atoms with Crippen LogP contribution in [0, 0.1) is 0 Å². The highest BCUT2D eigenvalue weighted by Gasteiger charge is 2.20. The van der Waals surface area contributed by atoms with E-state index >= 15 is 0 Å². The van der Waals surface area contributed by atoms with Crippen molar-refractivity contribution in [2.24, 2.45) is 0 Å². The molecule has 4 heteroatoms. The highest BCUT2D eigenvalue weighted by Crippen LogP contribution is 2.44. The number of hydrogen-bond acceptors (Lipinski definition) is 2. The van der Waals surface area contributed by atoms with Gasteiger partial charge in [0.25, 0.3) is 0 Å². The molecule has 0 atom stereocenters. The molecular weight excluding hydrogens is 741 g/mol. The summed E-state index contributed by atoms with van der Waals surface area (Å²) in [6.45, 7) is 0. The van der Waals surface area contributed by atoms with Gasteiger partial charge in [0, 0.05) is 73.3 Å². The summed E-state index contributed by atoms with van der Waals surface area (Å²) >= 11 is 3.77. The fourth-order valence-electron chi connectivity index (χ4n) is 9.52. The SMILES string of the molecule is c1ccc(-n2c3cc(-c4cccc5c4sc4ccccc45)ccc3c3cc4c5ccccc5n(-c5ccc(-c6cccc7c6sc6ccccc67)cc5)c4cc32)cc1. The third-order valence-electron chi connectivity index (χ3n) is 12.1. The Balaban J connectivity index is 1.03. The summed E-state index contributed by atoms with van der Waals surface area (Å²) in [7, 11) is 0. The average molecular weight is 773 g/mol. The third kappa shape index (κ3) is 4.58. The fourth-order valence-corrected chi connectivity index (χ4v) is 12.0. The highest BCUT2D eigenvalue weighted by molar-refractivity contribution is 7.26. The maximum absolute atomic E-state index is 2.47. The van der Waals surface area contributed by atoms with Crippen LogP contribution in [0.1, 0.15) is 0 Å². The predicted molar refractivity (Wildman–Crippen MR) is 252 cm³/mol. The van der Waals surface area contributed by atoms with Gasteiger partial charge in [-0.25, -0.2) is 0 Å². The largest absolute Gasteiger partial charge is 0.309 e. The van der Waals surface area contributed by atoms with Crippen molar-refractivity contribution in [3.63, 3.8) is 0 Å². The summed E-state index contributed by atoms with van der Waals surface area (Å²) in [5, 5.41) is 10.3. The lowest BCUT2D eigenvalue weighted by atomic mass is 10.0. The van der Waals surface area contributed by atoms with Crippen molar-refractivity contribution < 1.29 is 0 Å². The molecule has 2 nitrogen and oxygen atoms in total. The Hall–Kier alpha value is -6.98. The first-order valence-electron chi connectivity index (χ1n) is 19.8. The molecular formula is C54H32N2S2. The van der Waals surface area contributed by atoms with Gasteiger partial charge in [-0.3, -0.25) is 0 Å². The number of thiophene rings is 2. The second-order valence-electron chi connectivity index (χ2n) is 15.2. The number of nitrogens with zero attached hydrogens (tertiary/aromatic N) is 2. The molecule has 4 heterocycles. The molecule has 0 aliphatic carbocycles. The number of hydrogen-bond donors (Lipinski definition) is 0. The number of aromatic nitrogens is 2. The van der Waals surface area contributed by atoms with Crippen molar-refractivity contribution in [2.75, 3.05) is 0 Å². The Morgan fingerprint density at radius 2 is 0.759 bits per heavy atom. The topological polar surface area (TPSA) is 9.86 Å². The number of benzene rings is 9. The van der Waals surface area contributed by atoms with Gasteiger partial charge in [0.1, 0.15) is 0 Å². The zero-order valence-electron chi connectivity index (χ0n) is 31.2. The minimum Gasteiger partial charge on any atom is -0.309 e. The van der Waals surface area contributed by atoms with Crippen LogP contribution >= 0.6 is 22.7 Å². The van der Waals surface area contributed by atoms with Gasteiger partial charge in [-0.2, -0.15) is 0 Å². The van der Waals surface area contributed by atoms with E-state index in [1.165, 1.54) is 106 Å². The molecule has 0 radical (unpaired) electrons. The zero-order valence-corrected chi connectivity index (χ0v) is 32.8. The molecule has 9 aromatic carbocycles. The molecule has 0 fully saturated rings. The summed E-state index contributed by atoms with van der Waals surface area (Å²) in [5.74, 6) is 0. The first kappa shape index (κ1) is 32.1. The van der Waals surface area contributed by atoms with Gasteiger partial charge >= 0.3 is 0 Å². The summed E-state index contributed by atoms with van der Waals surface area (Å²) in [5.41, 5.74) is 12.1. The molecule has 0 bridgehead atoms. The van der Waals surface area contributed by atoms with Crippen LogP contribution in [0.2, 0.25) is 0 Å². The smallest absolute Gasteiger partial charge is 0.0562 e. The van der Waals surface area contributed by atoms with Gasteiger partial charge in [-0.05, 0) is 82.9 Å². The molecule has 13 rings (SSSR count). The summed E-state index contributed by atoms with van der Waals surface area (Å²) < 4.78 is 10.3. The van der Waals surface area contributed by atoms with E-state index in [9.17, 15) is 0 Å². The van der Waals surface area contributed by atoms with E-state index in [2.05, 4.69) is 203 Å². The van der Waals surface area contributed by atoms with Crippen LogP contribution in [-0.4, -0.2) is 9.13 Å².